The Hall–Kier alpha value is -2.71. The summed E-state index contributed by atoms with van der Waals surface area (Å²) in [7, 11) is 0. The summed E-state index contributed by atoms with van der Waals surface area (Å²) in [5.74, 6) is -0.163. The summed E-state index contributed by atoms with van der Waals surface area (Å²) in [5.41, 5.74) is 0.824. The average molecular weight is 415 g/mol. The van der Waals surface area contributed by atoms with Crippen molar-refractivity contribution in [3.8, 4) is 10.4 Å². The fourth-order valence-electron chi connectivity index (χ4n) is 3.27. The van der Waals surface area contributed by atoms with E-state index in [0.717, 1.165) is 26.6 Å². The second kappa shape index (κ2) is 7.37. The number of rotatable bonds is 6. The van der Waals surface area contributed by atoms with E-state index in [-0.39, 0.29) is 17.9 Å². The first-order chi connectivity index (χ1) is 13.5. The smallest absolute Gasteiger partial charge is 0.371 e. The van der Waals surface area contributed by atoms with E-state index >= 15 is 0 Å². The van der Waals surface area contributed by atoms with E-state index in [9.17, 15) is 9.59 Å². The normalized spacial score (nSPS) is 11.4. The van der Waals surface area contributed by atoms with Crippen molar-refractivity contribution in [2.24, 2.45) is 0 Å². The number of aromatic nitrogens is 2. The number of furan rings is 1. The Kier molecular flexibility index (Phi) is 4.91. The van der Waals surface area contributed by atoms with Crippen LogP contribution in [0.2, 0.25) is 0 Å². The summed E-state index contributed by atoms with van der Waals surface area (Å²) in [6, 6.07) is 6.97. The van der Waals surface area contributed by atoms with Crippen LogP contribution in [0.25, 0.3) is 20.7 Å². The van der Waals surface area contributed by atoms with Crippen LogP contribution in [0.3, 0.4) is 0 Å². The number of carboxylic acids is 1. The van der Waals surface area contributed by atoms with Crippen molar-refractivity contribution >= 4 is 38.9 Å². The first-order valence-electron chi connectivity index (χ1n) is 8.88. The third kappa shape index (κ3) is 3.18. The Balaban J connectivity index is 1.91. The van der Waals surface area contributed by atoms with Crippen molar-refractivity contribution in [3.05, 3.63) is 62.2 Å². The minimum Gasteiger partial charge on any atom is -0.475 e. The molecule has 0 aromatic carbocycles. The Labute approximate surface area is 168 Å². The van der Waals surface area contributed by atoms with Gasteiger partial charge in [0.25, 0.3) is 5.56 Å². The van der Waals surface area contributed by atoms with Gasteiger partial charge in [-0.2, -0.15) is 0 Å². The van der Waals surface area contributed by atoms with Gasteiger partial charge in [-0.1, -0.05) is 13.0 Å². The molecule has 4 aromatic rings. The summed E-state index contributed by atoms with van der Waals surface area (Å²) in [4.78, 5) is 32.2. The predicted molar refractivity (Wildman–Crippen MR) is 111 cm³/mol. The molecule has 28 heavy (non-hydrogen) atoms. The minimum absolute atomic E-state index is 0.116. The fourth-order valence-corrected chi connectivity index (χ4v) is 5.21. The van der Waals surface area contributed by atoms with Gasteiger partial charge in [0.2, 0.25) is 5.76 Å². The van der Waals surface area contributed by atoms with Gasteiger partial charge >= 0.3 is 5.97 Å². The lowest BCUT2D eigenvalue weighted by Gasteiger charge is -2.11. The molecule has 0 aliphatic rings. The average Bonchev–Trinajstić information content (AvgIpc) is 3.38. The molecule has 0 aliphatic carbocycles. The molecule has 0 radical (unpaired) electrons. The number of carbonyl (C=O) groups is 1. The Bertz CT molecular complexity index is 1220. The van der Waals surface area contributed by atoms with E-state index in [1.54, 1.807) is 22.0 Å². The number of carboxylic acid groups (broad SMARTS) is 1. The zero-order valence-electron chi connectivity index (χ0n) is 15.4. The Morgan fingerprint density at radius 1 is 1.32 bits per heavy atom. The molecule has 0 atom stereocenters. The van der Waals surface area contributed by atoms with Crippen LogP contribution in [-0.4, -0.2) is 20.6 Å². The van der Waals surface area contributed by atoms with E-state index in [1.165, 1.54) is 17.4 Å². The summed E-state index contributed by atoms with van der Waals surface area (Å²) in [6.45, 7) is 4.20. The van der Waals surface area contributed by atoms with Crippen molar-refractivity contribution in [1.29, 1.82) is 0 Å². The number of aromatic carboxylic acids is 1. The lowest BCUT2D eigenvalue weighted by Crippen LogP contribution is -2.25. The number of hydrogen-bond acceptors (Lipinski definition) is 6. The van der Waals surface area contributed by atoms with Gasteiger partial charge in [0.15, 0.2) is 0 Å². The van der Waals surface area contributed by atoms with E-state index in [1.807, 2.05) is 31.4 Å². The number of thiophene rings is 2. The molecule has 4 aromatic heterocycles. The molecule has 4 rings (SSSR count). The zero-order valence-corrected chi connectivity index (χ0v) is 17.0. The topological polar surface area (TPSA) is 85.3 Å². The first-order valence-corrected chi connectivity index (χ1v) is 10.6. The third-order valence-corrected chi connectivity index (χ3v) is 6.38. The molecule has 144 valence electrons. The highest BCUT2D eigenvalue weighted by Gasteiger charge is 2.21. The first kappa shape index (κ1) is 18.6. The predicted octanol–water partition coefficient (Wildman–Crippen LogP) is 4.79. The highest BCUT2D eigenvalue weighted by molar-refractivity contribution is 7.20. The highest BCUT2D eigenvalue weighted by Crippen LogP contribution is 2.38. The minimum atomic E-state index is -1.13. The van der Waals surface area contributed by atoms with Gasteiger partial charge in [0, 0.05) is 21.7 Å². The third-order valence-electron chi connectivity index (χ3n) is 4.49. The monoisotopic (exact) mass is 414 g/mol. The summed E-state index contributed by atoms with van der Waals surface area (Å²) < 4.78 is 6.99. The second-order valence-electron chi connectivity index (χ2n) is 6.43. The molecular weight excluding hydrogens is 396 g/mol. The molecule has 0 unspecified atom stereocenters. The zero-order chi connectivity index (χ0) is 19.8. The maximum absolute atomic E-state index is 13.5. The summed E-state index contributed by atoms with van der Waals surface area (Å²) in [5, 5.41) is 11.7. The van der Waals surface area contributed by atoms with Gasteiger partial charge in [0.1, 0.15) is 16.4 Å². The lowest BCUT2D eigenvalue weighted by atomic mass is 10.1. The maximum atomic E-state index is 13.5. The molecule has 1 N–H and O–H groups in total. The van der Waals surface area contributed by atoms with E-state index in [2.05, 4.69) is 0 Å². The van der Waals surface area contributed by atoms with Crippen LogP contribution in [0, 0.1) is 6.92 Å². The largest absolute Gasteiger partial charge is 0.475 e. The number of fused-ring (bicyclic) bond motifs is 1. The summed E-state index contributed by atoms with van der Waals surface area (Å²) >= 11 is 3.13. The van der Waals surface area contributed by atoms with Gasteiger partial charge in [-0.05, 0) is 36.9 Å². The molecule has 0 spiro atoms. The van der Waals surface area contributed by atoms with Crippen LogP contribution < -0.4 is 5.56 Å². The standard InChI is InChI=1S/C20H18N2O4S2/c1-3-5-15-21-18-17(16(11(2)28-18)14-6-4-9-27-14)19(23)22(15)10-12-7-8-13(26-12)20(24)25/h4,6-9H,3,5,10H2,1-2H3,(H,24,25). The Morgan fingerprint density at radius 3 is 2.79 bits per heavy atom. The van der Waals surface area contributed by atoms with Crippen molar-refractivity contribution in [3.63, 3.8) is 0 Å². The van der Waals surface area contributed by atoms with E-state index in [4.69, 9.17) is 14.5 Å². The van der Waals surface area contributed by atoms with Crippen molar-refractivity contribution in [2.75, 3.05) is 0 Å². The van der Waals surface area contributed by atoms with Gasteiger partial charge < -0.3 is 9.52 Å². The van der Waals surface area contributed by atoms with Crippen LogP contribution in [0.15, 0.2) is 38.9 Å². The van der Waals surface area contributed by atoms with Crippen LogP contribution in [-0.2, 0) is 13.0 Å². The van der Waals surface area contributed by atoms with Gasteiger partial charge in [0.05, 0.1) is 11.9 Å². The van der Waals surface area contributed by atoms with Crippen molar-refractivity contribution in [1.82, 2.24) is 9.55 Å². The Morgan fingerprint density at radius 2 is 2.14 bits per heavy atom. The van der Waals surface area contributed by atoms with Crippen LogP contribution in [0.1, 0.15) is 40.4 Å². The lowest BCUT2D eigenvalue weighted by molar-refractivity contribution is 0.0660. The molecule has 0 fully saturated rings. The molecule has 0 saturated heterocycles. The fraction of sp³-hybridized carbons (Fsp3) is 0.250. The molecule has 0 aliphatic heterocycles. The second-order valence-corrected chi connectivity index (χ2v) is 8.58. The van der Waals surface area contributed by atoms with Crippen LogP contribution in [0.4, 0.5) is 0 Å². The SMILES string of the molecule is CCCc1nc2sc(C)c(-c3cccs3)c2c(=O)n1Cc1ccc(C(=O)O)o1. The number of aryl methyl sites for hydroxylation is 2. The van der Waals surface area contributed by atoms with Gasteiger partial charge in [-0.15, -0.1) is 22.7 Å². The van der Waals surface area contributed by atoms with Crippen LogP contribution in [0.5, 0.6) is 0 Å². The quantitative estimate of drug-likeness (QED) is 0.490. The van der Waals surface area contributed by atoms with Gasteiger partial charge in [-0.25, -0.2) is 9.78 Å². The van der Waals surface area contributed by atoms with Crippen molar-refractivity contribution in [2.45, 2.75) is 33.2 Å². The van der Waals surface area contributed by atoms with Crippen LogP contribution >= 0.6 is 22.7 Å². The highest BCUT2D eigenvalue weighted by atomic mass is 32.1. The summed E-state index contributed by atoms with van der Waals surface area (Å²) in [6.07, 6.45) is 1.50. The van der Waals surface area contributed by atoms with Crippen molar-refractivity contribution < 1.29 is 14.3 Å². The van der Waals surface area contributed by atoms with E-state index < -0.39 is 5.97 Å². The van der Waals surface area contributed by atoms with E-state index in [0.29, 0.717) is 23.4 Å². The van der Waals surface area contributed by atoms with Gasteiger partial charge in [-0.3, -0.25) is 9.36 Å². The maximum Gasteiger partial charge on any atom is 0.371 e. The molecule has 0 bridgehead atoms. The molecule has 6 nitrogen and oxygen atoms in total. The molecule has 0 amide bonds. The molecule has 4 heterocycles. The molecule has 8 heteroatoms. The molecule has 0 saturated carbocycles. The number of nitrogens with zero attached hydrogens (tertiary/aromatic N) is 2. The molecular formula is C20H18N2O4S2. The number of hydrogen-bond donors (Lipinski definition) is 1.